The van der Waals surface area contributed by atoms with Crippen LogP contribution in [0.4, 0.5) is 0 Å². The van der Waals surface area contributed by atoms with Crippen LogP contribution in [0.15, 0.2) is 35.3 Å². The van der Waals surface area contributed by atoms with Crippen LogP contribution in [0.3, 0.4) is 0 Å². The van der Waals surface area contributed by atoms with Gasteiger partial charge in [0.2, 0.25) is 5.91 Å². The number of nitrogens with one attached hydrogen (secondary N) is 1. The Morgan fingerprint density at radius 2 is 2.45 bits per heavy atom. The fraction of sp³-hybridized carbons (Fsp3) is 0.308. The fourth-order valence-corrected chi connectivity index (χ4v) is 3.15. The lowest BCUT2D eigenvalue weighted by Gasteiger charge is -2.10. The van der Waals surface area contributed by atoms with Crippen LogP contribution in [0, 0.1) is 0 Å². The number of hydrogen-bond acceptors (Lipinski definition) is 5. The number of rotatable bonds is 6. The predicted octanol–water partition coefficient (Wildman–Crippen LogP) is 2.33. The molecule has 0 saturated carbocycles. The zero-order chi connectivity index (χ0) is 14.5. The van der Waals surface area contributed by atoms with Gasteiger partial charge in [-0.3, -0.25) is 4.79 Å². The molecule has 1 amide bonds. The van der Waals surface area contributed by atoms with Crippen molar-refractivity contribution in [2.75, 3.05) is 6.54 Å². The van der Waals surface area contributed by atoms with Crippen molar-refractivity contribution in [3.63, 3.8) is 0 Å². The van der Waals surface area contributed by atoms with E-state index in [1.807, 2.05) is 36.1 Å². The van der Waals surface area contributed by atoms with Crippen LogP contribution in [-0.4, -0.2) is 32.5 Å². The van der Waals surface area contributed by atoms with E-state index in [1.54, 1.807) is 17.4 Å². The molecule has 0 spiro atoms. The molecule has 2 aromatic rings. The Morgan fingerprint density at radius 3 is 3.10 bits per heavy atom. The molecule has 0 bridgehead atoms. The number of thiophene rings is 1. The first kappa shape index (κ1) is 14.8. The molecule has 0 fully saturated rings. The van der Waals surface area contributed by atoms with Crippen LogP contribution in [0.25, 0.3) is 10.7 Å². The van der Waals surface area contributed by atoms with E-state index < -0.39 is 0 Å². The number of nitrogens with zero attached hydrogens (tertiary/aromatic N) is 3. The molecule has 1 unspecified atom stereocenters. The maximum absolute atomic E-state index is 11.8. The molecule has 0 aliphatic heterocycles. The summed E-state index contributed by atoms with van der Waals surface area (Å²) in [6.45, 7) is 5.90. The Bertz CT molecular complexity index is 592. The van der Waals surface area contributed by atoms with Gasteiger partial charge in [-0.15, -0.1) is 28.1 Å². The van der Waals surface area contributed by atoms with Crippen LogP contribution in [0.2, 0.25) is 0 Å². The fourth-order valence-electron chi connectivity index (χ4n) is 1.57. The van der Waals surface area contributed by atoms with Gasteiger partial charge >= 0.3 is 0 Å². The van der Waals surface area contributed by atoms with E-state index in [4.69, 9.17) is 0 Å². The van der Waals surface area contributed by atoms with E-state index in [1.165, 1.54) is 11.8 Å². The minimum Gasteiger partial charge on any atom is -0.352 e. The second-order valence-corrected chi connectivity index (χ2v) is 6.39. The zero-order valence-electron chi connectivity index (χ0n) is 11.4. The molecule has 2 rings (SSSR count). The Labute approximate surface area is 126 Å². The number of thioether (sulfide) groups is 1. The van der Waals surface area contributed by atoms with Gasteiger partial charge in [-0.2, -0.15) is 0 Å². The number of carbonyl (C=O) groups excluding carboxylic acids is 1. The minimum absolute atomic E-state index is 0.0319. The molecule has 2 heterocycles. The Hall–Kier alpha value is -1.60. The molecule has 0 radical (unpaired) electrons. The Kier molecular flexibility index (Phi) is 4.97. The summed E-state index contributed by atoms with van der Waals surface area (Å²) in [4.78, 5) is 12.9. The number of hydrogen-bond donors (Lipinski definition) is 1. The summed E-state index contributed by atoms with van der Waals surface area (Å²) in [7, 11) is 1.91. The van der Waals surface area contributed by atoms with Gasteiger partial charge in [0.15, 0.2) is 11.0 Å². The summed E-state index contributed by atoms with van der Waals surface area (Å²) < 4.78 is 1.91. The van der Waals surface area contributed by atoms with Crippen molar-refractivity contribution < 1.29 is 4.79 Å². The SMILES string of the molecule is C=CCNC(=O)C(C)Sc1nnc(-c2cccs2)n1C. The summed E-state index contributed by atoms with van der Waals surface area (Å²) in [6.07, 6.45) is 1.66. The van der Waals surface area contributed by atoms with E-state index in [9.17, 15) is 4.79 Å². The average molecular weight is 308 g/mol. The Balaban J connectivity index is 2.07. The molecule has 0 aliphatic carbocycles. The first-order chi connectivity index (χ1) is 9.63. The highest BCUT2D eigenvalue weighted by molar-refractivity contribution is 8.00. The van der Waals surface area contributed by atoms with Crippen molar-refractivity contribution >= 4 is 29.0 Å². The highest BCUT2D eigenvalue weighted by Crippen LogP contribution is 2.27. The maximum Gasteiger partial charge on any atom is 0.233 e. The highest BCUT2D eigenvalue weighted by atomic mass is 32.2. The number of carbonyl (C=O) groups is 1. The highest BCUT2D eigenvalue weighted by Gasteiger charge is 2.19. The molecular weight excluding hydrogens is 292 g/mol. The number of amides is 1. The molecule has 0 saturated heterocycles. The lowest BCUT2D eigenvalue weighted by molar-refractivity contribution is -0.120. The largest absolute Gasteiger partial charge is 0.352 e. The van der Waals surface area contributed by atoms with E-state index in [0.717, 1.165) is 15.9 Å². The summed E-state index contributed by atoms with van der Waals surface area (Å²) >= 11 is 3.01. The van der Waals surface area contributed by atoms with Gasteiger partial charge in [0.05, 0.1) is 10.1 Å². The molecule has 0 aromatic carbocycles. The minimum atomic E-state index is -0.228. The molecule has 1 N–H and O–H groups in total. The molecule has 106 valence electrons. The molecule has 1 atom stereocenters. The van der Waals surface area contributed by atoms with Crippen molar-refractivity contribution in [1.29, 1.82) is 0 Å². The third-order valence-corrected chi connectivity index (χ3v) is 4.65. The molecule has 7 heteroatoms. The van der Waals surface area contributed by atoms with Crippen molar-refractivity contribution in [3.05, 3.63) is 30.2 Å². The zero-order valence-corrected chi connectivity index (χ0v) is 13.0. The van der Waals surface area contributed by atoms with Gasteiger partial charge in [0, 0.05) is 13.6 Å². The van der Waals surface area contributed by atoms with Gasteiger partial charge < -0.3 is 9.88 Å². The first-order valence-corrected chi connectivity index (χ1v) is 7.88. The summed E-state index contributed by atoms with van der Waals surface area (Å²) in [5.74, 6) is 0.789. The van der Waals surface area contributed by atoms with Crippen molar-refractivity contribution in [1.82, 2.24) is 20.1 Å². The second-order valence-electron chi connectivity index (χ2n) is 4.14. The van der Waals surface area contributed by atoms with E-state index in [-0.39, 0.29) is 11.2 Å². The van der Waals surface area contributed by atoms with Crippen LogP contribution in [0.1, 0.15) is 6.92 Å². The third-order valence-electron chi connectivity index (χ3n) is 2.65. The topological polar surface area (TPSA) is 59.8 Å². The molecular formula is C13H16N4OS2. The van der Waals surface area contributed by atoms with Gasteiger partial charge in [-0.1, -0.05) is 23.9 Å². The lowest BCUT2D eigenvalue weighted by atomic mass is 10.4. The van der Waals surface area contributed by atoms with Crippen LogP contribution >= 0.6 is 23.1 Å². The maximum atomic E-state index is 11.8. The average Bonchev–Trinajstić information content (AvgIpc) is 3.07. The van der Waals surface area contributed by atoms with Crippen LogP contribution < -0.4 is 5.32 Å². The van der Waals surface area contributed by atoms with Crippen molar-refractivity contribution in [2.45, 2.75) is 17.3 Å². The quantitative estimate of drug-likeness (QED) is 0.657. The second kappa shape index (κ2) is 6.71. The predicted molar refractivity (Wildman–Crippen MR) is 82.8 cm³/mol. The smallest absolute Gasteiger partial charge is 0.233 e. The van der Waals surface area contributed by atoms with Gasteiger partial charge in [-0.25, -0.2) is 0 Å². The number of aromatic nitrogens is 3. The molecule has 20 heavy (non-hydrogen) atoms. The van der Waals surface area contributed by atoms with E-state index in [0.29, 0.717) is 6.54 Å². The molecule has 2 aromatic heterocycles. The third kappa shape index (κ3) is 3.29. The summed E-state index contributed by atoms with van der Waals surface area (Å²) in [6, 6.07) is 3.98. The van der Waals surface area contributed by atoms with E-state index >= 15 is 0 Å². The normalized spacial score (nSPS) is 12.1. The van der Waals surface area contributed by atoms with Gasteiger partial charge in [0.25, 0.3) is 0 Å². The van der Waals surface area contributed by atoms with Gasteiger partial charge in [-0.05, 0) is 18.4 Å². The van der Waals surface area contributed by atoms with Gasteiger partial charge in [0.1, 0.15) is 0 Å². The summed E-state index contributed by atoms with van der Waals surface area (Å²) in [5.41, 5.74) is 0. The summed E-state index contributed by atoms with van der Waals surface area (Å²) in [5, 5.41) is 13.6. The van der Waals surface area contributed by atoms with Crippen molar-refractivity contribution in [2.24, 2.45) is 7.05 Å². The van der Waals surface area contributed by atoms with Crippen LogP contribution in [0.5, 0.6) is 0 Å². The van der Waals surface area contributed by atoms with Crippen LogP contribution in [-0.2, 0) is 11.8 Å². The molecule has 5 nitrogen and oxygen atoms in total. The Morgan fingerprint density at radius 1 is 1.65 bits per heavy atom. The monoisotopic (exact) mass is 308 g/mol. The first-order valence-electron chi connectivity index (χ1n) is 6.12. The van der Waals surface area contributed by atoms with E-state index in [2.05, 4.69) is 22.1 Å². The standard InChI is InChI=1S/C13H16N4OS2/c1-4-7-14-12(18)9(2)20-13-16-15-11(17(13)3)10-6-5-8-19-10/h4-6,8-9H,1,7H2,2-3H3,(H,14,18). The van der Waals surface area contributed by atoms with Crippen molar-refractivity contribution in [3.8, 4) is 10.7 Å². The lowest BCUT2D eigenvalue weighted by Crippen LogP contribution is -2.31. The molecule has 0 aliphatic rings.